The molecule has 1 N–H and O–H groups in total. The maximum Gasteiger partial charge on any atom is 0.418 e. The van der Waals surface area contributed by atoms with Crippen molar-refractivity contribution >= 4 is 28.4 Å². The highest BCUT2D eigenvalue weighted by Gasteiger charge is 2.33. The van der Waals surface area contributed by atoms with Crippen LogP contribution in [-0.2, 0) is 28.9 Å². The first kappa shape index (κ1) is 24.7. The van der Waals surface area contributed by atoms with Crippen LogP contribution in [-0.4, -0.2) is 38.9 Å². The van der Waals surface area contributed by atoms with Gasteiger partial charge in [-0.2, -0.15) is 13.2 Å². The molecule has 0 aliphatic rings. The Morgan fingerprint density at radius 3 is 2.26 bits per heavy atom. The van der Waals surface area contributed by atoms with Gasteiger partial charge >= 0.3 is 11.9 Å². The highest BCUT2D eigenvalue weighted by Crippen LogP contribution is 2.34. The van der Waals surface area contributed by atoms with E-state index in [9.17, 15) is 32.3 Å². The topological polar surface area (TPSA) is 93.4 Å². The summed E-state index contributed by atoms with van der Waals surface area (Å²) in [5.41, 5.74) is -2.28. The normalized spacial score (nSPS) is 11.4. The second kappa shape index (κ2) is 9.94. The van der Waals surface area contributed by atoms with E-state index < -0.39 is 53.6 Å². The Kier molecular flexibility index (Phi) is 7.23. The van der Waals surface area contributed by atoms with Crippen molar-refractivity contribution in [3.8, 4) is 0 Å². The van der Waals surface area contributed by atoms with Gasteiger partial charge < -0.3 is 10.2 Å². The van der Waals surface area contributed by atoms with Gasteiger partial charge in [0, 0.05) is 13.1 Å². The molecule has 0 spiro atoms. The Bertz CT molecular complexity index is 1340. The Balaban J connectivity index is 1.84. The van der Waals surface area contributed by atoms with Crippen molar-refractivity contribution in [1.82, 2.24) is 14.0 Å². The zero-order chi connectivity index (χ0) is 25.0. The molecule has 0 saturated carbocycles. The SMILES string of the molecule is CCN(CC(=O)Nc1ccccc1C(F)(F)F)C(=O)Cn1c(=O)n(CC)c(=O)c2ccccc21. The number of amides is 2. The third-order valence-electron chi connectivity index (χ3n) is 5.32. The number of nitrogens with zero attached hydrogens (tertiary/aromatic N) is 3. The van der Waals surface area contributed by atoms with Gasteiger partial charge in [0.05, 0.1) is 28.7 Å². The standard InChI is InChI=1S/C23H23F3N4O4/c1-3-28(13-19(31)27-17-11-7-6-10-16(17)23(24,25)26)20(32)14-30-18-12-8-5-9-15(18)21(33)29(4-2)22(30)34/h5-12H,3-4,13-14H2,1-2H3,(H,27,31). The number of anilines is 1. The van der Waals surface area contributed by atoms with Crippen LogP contribution in [0.3, 0.4) is 0 Å². The molecular formula is C23H23F3N4O4. The minimum atomic E-state index is -4.66. The fourth-order valence-electron chi connectivity index (χ4n) is 3.62. The molecule has 2 aromatic carbocycles. The highest BCUT2D eigenvalue weighted by atomic mass is 19.4. The summed E-state index contributed by atoms with van der Waals surface area (Å²) in [6, 6.07) is 10.9. The van der Waals surface area contributed by atoms with Crippen LogP contribution in [0.25, 0.3) is 10.9 Å². The van der Waals surface area contributed by atoms with E-state index in [1.54, 1.807) is 38.1 Å². The van der Waals surface area contributed by atoms with Crippen molar-refractivity contribution in [2.24, 2.45) is 0 Å². The van der Waals surface area contributed by atoms with E-state index in [0.29, 0.717) is 0 Å². The summed E-state index contributed by atoms with van der Waals surface area (Å²) < 4.78 is 41.7. The number of benzene rings is 2. The molecule has 0 fully saturated rings. The number of aromatic nitrogens is 2. The second-order valence-corrected chi connectivity index (χ2v) is 7.43. The summed E-state index contributed by atoms with van der Waals surface area (Å²) in [7, 11) is 0. The molecule has 8 nitrogen and oxygen atoms in total. The van der Waals surface area contributed by atoms with Gasteiger partial charge in [-0.1, -0.05) is 24.3 Å². The minimum Gasteiger partial charge on any atom is -0.332 e. The van der Waals surface area contributed by atoms with Crippen molar-refractivity contribution < 1.29 is 22.8 Å². The fraction of sp³-hybridized carbons (Fsp3) is 0.304. The number of hydrogen-bond acceptors (Lipinski definition) is 4. The number of hydrogen-bond donors (Lipinski definition) is 1. The van der Waals surface area contributed by atoms with E-state index in [-0.39, 0.29) is 24.0 Å². The lowest BCUT2D eigenvalue weighted by atomic mass is 10.1. The van der Waals surface area contributed by atoms with Crippen LogP contribution >= 0.6 is 0 Å². The maximum atomic E-state index is 13.2. The molecule has 180 valence electrons. The van der Waals surface area contributed by atoms with Crippen molar-refractivity contribution in [1.29, 1.82) is 0 Å². The van der Waals surface area contributed by atoms with Crippen LogP contribution < -0.4 is 16.6 Å². The third kappa shape index (κ3) is 5.03. The number of carbonyl (C=O) groups is 2. The lowest BCUT2D eigenvalue weighted by Gasteiger charge is -2.22. The molecule has 3 aromatic rings. The van der Waals surface area contributed by atoms with Crippen LogP contribution in [0.5, 0.6) is 0 Å². The molecule has 0 radical (unpaired) electrons. The molecule has 2 amide bonds. The molecule has 0 atom stereocenters. The smallest absolute Gasteiger partial charge is 0.332 e. The van der Waals surface area contributed by atoms with Crippen molar-refractivity contribution in [3.05, 3.63) is 74.9 Å². The Morgan fingerprint density at radius 2 is 1.62 bits per heavy atom. The predicted molar refractivity (Wildman–Crippen MR) is 120 cm³/mol. The van der Waals surface area contributed by atoms with E-state index in [4.69, 9.17) is 0 Å². The number of halogens is 3. The van der Waals surface area contributed by atoms with Gasteiger partial charge in [-0.25, -0.2) is 4.79 Å². The molecule has 0 aliphatic heterocycles. The summed E-state index contributed by atoms with van der Waals surface area (Å²) in [5.74, 6) is -1.42. The van der Waals surface area contributed by atoms with Gasteiger partial charge in [0.1, 0.15) is 6.54 Å². The fourth-order valence-corrected chi connectivity index (χ4v) is 3.62. The molecule has 1 heterocycles. The van der Waals surface area contributed by atoms with Gasteiger partial charge in [-0.15, -0.1) is 0 Å². The molecular weight excluding hydrogens is 453 g/mol. The van der Waals surface area contributed by atoms with Gasteiger partial charge in [-0.3, -0.25) is 23.5 Å². The monoisotopic (exact) mass is 476 g/mol. The van der Waals surface area contributed by atoms with E-state index in [1.165, 1.54) is 12.1 Å². The zero-order valence-electron chi connectivity index (χ0n) is 18.6. The number of para-hydroxylation sites is 2. The molecule has 0 saturated heterocycles. The predicted octanol–water partition coefficient (Wildman–Crippen LogP) is 2.69. The number of fused-ring (bicyclic) bond motifs is 1. The number of carbonyl (C=O) groups excluding carboxylic acids is 2. The molecule has 34 heavy (non-hydrogen) atoms. The van der Waals surface area contributed by atoms with E-state index in [0.717, 1.165) is 26.2 Å². The minimum absolute atomic E-state index is 0.0767. The van der Waals surface area contributed by atoms with Crippen LogP contribution in [0.4, 0.5) is 18.9 Å². The highest BCUT2D eigenvalue weighted by molar-refractivity contribution is 5.95. The first-order chi connectivity index (χ1) is 16.1. The maximum absolute atomic E-state index is 13.2. The first-order valence-corrected chi connectivity index (χ1v) is 10.5. The van der Waals surface area contributed by atoms with Crippen molar-refractivity contribution in [3.63, 3.8) is 0 Å². The van der Waals surface area contributed by atoms with E-state index >= 15 is 0 Å². The lowest BCUT2D eigenvalue weighted by Crippen LogP contribution is -2.44. The molecule has 3 rings (SSSR count). The average molecular weight is 476 g/mol. The molecule has 11 heteroatoms. The zero-order valence-corrected chi connectivity index (χ0v) is 18.6. The van der Waals surface area contributed by atoms with Gasteiger partial charge in [0.2, 0.25) is 11.8 Å². The summed E-state index contributed by atoms with van der Waals surface area (Å²) in [6.45, 7) is 2.46. The lowest BCUT2D eigenvalue weighted by molar-refractivity contribution is -0.137. The summed E-state index contributed by atoms with van der Waals surface area (Å²) in [6.07, 6.45) is -4.66. The molecule has 0 unspecified atom stereocenters. The number of alkyl halides is 3. The van der Waals surface area contributed by atoms with Gasteiger partial charge in [0.15, 0.2) is 0 Å². The Hall–Kier alpha value is -3.89. The van der Waals surface area contributed by atoms with E-state index in [2.05, 4.69) is 5.32 Å². The largest absolute Gasteiger partial charge is 0.418 e. The summed E-state index contributed by atoms with van der Waals surface area (Å²) in [4.78, 5) is 51.9. The average Bonchev–Trinajstić information content (AvgIpc) is 2.80. The van der Waals surface area contributed by atoms with Gasteiger partial charge in [0.25, 0.3) is 5.56 Å². The molecule has 0 aliphatic carbocycles. The van der Waals surface area contributed by atoms with Crippen LogP contribution in [0, 0.1) is 0 Å². The van der Waals surface area contributed by atoms with E-state index in [1.807, 2.05) is 0 Å². The van der Waals surface area contributed by atoms with Crippen molar-refractivity contribution in [2.45, 2.75) is 33.1 Å². The second-order valence-electron chi connectivity index (χ2n) is 7.43. The molecule has 0 bridgehead atoms. The quantitative estimate of drug-likeness (QED) is 0.568. The third-order valence-corrected chi connectivity index (χ3v) is 5.32. The van der Waals surface area contributed by atoms with Gasteiger partial charge in [-0.05, 0) is 38.1 Å². The van der Waals surface area contributed by atoms with Crippen LogP contribution in [0.1, 0.15) is 19.4 Å². The first-order valence-electron chi connectivity index (χ1n) is 10.5. The number of likely N-dealkylation sites (N-methyl/N-ethyl adjacent to an activating group) is 1. The number of rotatable bonds is 7. The van der Waals surface area contributed by atoms with Crippen LogP contribution in [0.2, 0.25) is 0 Å². The summed E-state index contributed by atoms with van der Waals surface area (Å²) in [5, 5.41) is 2.47. The number of nitrogens with one attached hydrogen (secondary N) is 1. The van der Waals surface area contributed by atoms with Crippen LogP contribution in [0.15, 0.2) is 58.1 Å². The molecule has 1 aromatic heterocycles. The summed E-state index contributed by atoms with van der Waals surface area (Å²) >= 11 is 0. The Morgan fingerprint density at radius 1 is 0.971 bits per heavy atom. The van der Waals surface area contributed by atoms with Crippen molar-refractivity contribution in [2.75, 3.05) is 18.4 Å². The Labute approximate surface area is 192 Å².